The van der Waals surface area contributed by atoms with Gasteiger partial charge in [0.15, 0.2) is 0 Å². The molecule has 0 saturated heterocycles. The zero-order chi connectivity index (χ0) is 13.6. The highest BCUT2D eigenvalue weighted by molar-refractivity contribution is 5.79. The first-order valence-corrected chi connectivity index (χ1v) is 5.12. The Kier molecular flexibility index (Phi) is 5.84. The molecule has 5 nitrogen and oxygen atoms in total. The summed E-state index contributed by atoms with van der Waals surface area (Å²) in [5.74, 6) is -1.36. The van der Waals surface area contributed by atoms with Crippen molar-refractivity contribution in [2.75, 3.05) is 0 Å². The van der Waals surface area contributed by atoms with Gasteiger partial charge in [-0.1, -0.05) is 0 Å². The highest BCUT2D eigenvalue weighted by Crippen LogP contribution is 2.09. The van der Waals surface area contributed by atoms with Crippen LogP contribution in [0.2, 0.25) is 0 Å². The Labute approximate surface area is 98.1 Å². The normalized spacial score (nSPS) is 13.3. The summed E-state index contributed by atoms with van der Waals surface area (Å²) in [6.07, 6.45) is -4.46. The van der Waals surface area contributed by atoms with Crippen molar-refractivity contribution in [1.29, 1.82) is 0 Å². The summed E-state index contributed by atoms with van der Waals surface area (Å²) in [4.78, 5) is 21.9. The Balaban J connectivity index is 4.26. The molecule has 0 bridgehead atoms. The molecule has 0 radical (unpaired) electrons. The summed E-state index contributed by atoms with van der Waals surface area (Å²) in [5.41, 5.74) is -0.768. The number of hydrogen-bond acceptors (Lipinski definition) is 3. The van der Waals surface area contributed by atoms with Crippen LogP contribution in [0.3, 0.4) is 0 Å². The molecule has 7 heteroatoms. The number of ether oxygens (including phenoxy) is 1. The number of hydrogen-bond donors (Lipinski definition) is 2. The van der Waals surface area contributed by atoms with Crippen LogP contribution in [0.25, 0.3) is 0 Å². The van der Waals surface area contributed by atoms with Crippen LogP contribution in [-0.2, 0) is 9.53 Å². The summed E-state index contributed by atoms with van der Waals surface area (Å²) in [6.45, 7) is 4.84. The molecule has 1 atom stereocenters. The second kappa shape index (κ2) is 6.36. The number of carboxylic acids is 1. The number of carboxylic acid groups (broad SMARTS) is 1. The standard InChI is InChI=1S/C10H17F2NO4/c1-10(2,3)17-9(16)13-6(8(14)15)4-5-7(11)12/h6-7H,4-5H2,1-3H3,(H,13,16)(H,14,15). The summed E-state index contributed by atoms with van der Waals surface area (Å²) in [6, 6.07) is -1.36. The Bertz CT molecular complexity index is 276. The summed E-state index contributed by atoms with van der Waals surface area (Å²) in [7, 11) is 0. The third-order valence-corrected chi connectivity index (χ3v) is 1.66. The van der Waals surface area contributed by atoms with Crippen LogP contribution in [0.15, 0.2) is 0 Å². The van der Waals surface area contributed by atoms with Crippen LogP contribution in [0.4, 0.5) is 13.6 Å². The lowest BCUT2D eigenvalue weighted by Crippen LogP contribution is -2.43. The maximum atomic E-state index is 11.9. The van der Waals surface area contributed by atoms with Gasteiger partial charge in [-0.2, -0.15) is 0 Å². The van der Waals surface area contributed by atoms with E-state index in [9.17, 15) is 18.4 Å². The minimum atomic E-state index is -2.60. The van der Waals surface area contributed by atoms with E-state index in [0.29, 0.717) is 0 Å². The lowest BCUT2D eigenvalue weighted by Gasteiger charge is -2.21. The molecule has 0 spiro atoms. The van der Waals surface area contributed by atoms with E-state index >= 15 is 0 Å². The van der Waals surface area contributed by atoms with Crippen LogP contribution in [-0.4, -0.2) is 35.2 Å². The number of carbonyl (C=O) groups is 2. The molecule has 17 heavy (non-hydrogen) atoms. The van der Waals surface area contributed by atoms with Crippen molar-refractivity contribution < 1.29 is 28.2 Å². The summed E-state index contributed by atoms with van der Waals surface area (Å²) in [5, 5.41) is 10.8. The molecule has 0 aliphatic rings. The second-order valence-electron chi connectivity index (χ2n) is 4.51. The Morgan fingerprint density at radius 3 is 2.18 bits per heavy atom. The van der Waals surface area contributed by atoms with E-state index in [1.54, 1.807) is 20.8 Å². The fourth-order valence-electron chi connectivity index (χ4n) is 1.000. The Morgan fingerprint density at radius 2 is 1.82 bits per heavy atom. The van der Waals surface area contributed by atoms with Gasteiger partial charge in [0, 0.05) is 6.42 Å². The minimum Gasteiger partial charge on any atom is -0.480 e. The minimum absolute atomic E-state index is 0.341. The molecule has 0 saturated carbocycles. The number of nitrogens with one attached hydrogen (secondary N) is 1. The van der Waals surface area contributed by atoms with Crippen molar-refractivity contribution in [2.45, 2.75) is 51.7 Å². The number of rotatable bonds is 5. The highest BCUT2D eigenvalue weighted by atomic mass is 19.3. The van der Waals surface area contributed by atoms with E-state index in [-0.39, 0.29) is 6.42 Å². The maximum Gasteiger partial charge on any atom is 0.408 e. The predicted octanol–water partition coefficient (Wildman–Crippen LogP) is 2.01. The van der Waals surface area contributed by atoms with E-state index in [1.807, 2.05) is 5.32 Å². The number of alkyl halides is 2. The molecule has 0 aromatic carbocycles. The Morgan fingerprint density at radius 1 is 1.29 bits per heavy atom. The number of alkyl carbamates (subject to hydrolysis) is 1. The lowest BCUT2D eigenvalue weighted by atomic mass is 10.1. The zero-order valence-electron chi connectivity index (χ0n) is 10.00. The van der Waals surface area contributed by atoms with Crippen LogP contribution < -0.4 is 5.32 Å². The first kappa shape index (κ1) is 15.6. The van der Waals surface area contributed by atoms with Crippen LogP contribution in [0.1, 0.15) is 33.6 Å². The SMILES string of the molecule is CC(C)(C)OC(=O)NC(CCC(F)F)C(=O)O. The average molecular weight is 253 g/mol. The number of halogens is 2. The molecule has 2 N–H and O–H groups in total. The molecule has 0 rings (SSSR count). The number of carbonyl (C=O) groups excluding carboxylic acids is 1. The second-order valence-corrected chi connectivity index (χ2v) is 4.51. The topological polar surface area (TPSA) is 75.6 Å². The molecule has 0 fully saturated rings. The zero-order valence-corrected chi connectivity index (χ0v) is 10.00. The van der Waals surface area contributed by atoms with Gasteiger partial charge in [0.2, 0.25) is 6.43 Å². The molecule has 0 aromatic rings. The van der Waals surface area contributed by atoms with E-state index < -0.39 is 36.6 Å². The molecule has 100 valence electrons. The van der Waals surface area contributed by atoms with Gasteiger partial charge in [0.1, 0.15) is 11.6 Å². The Hall–Kier alpha value is -1.40. The largest absolute Gasteiger partial charge is 0.480 e. The van der Waals surface area contributed by atoms with Crippen LogP contribution in [0, 0.1) is 0 Å². The van der Waals surface area contributed by atoms with Gasteiger partial charge in [-0.3, -0.25) is 0 Å². The molecule has 0 aliphatic carbocycles. The highest BCUT2D eigenvalue weighted by Gasteiger charge is 2.24. The quantitative estimate of drug-likeness (QED) is 0.785. The smallest absolute Gasteiger partial charge is 0.408 e. The molecular formula is C10H17F2NO4. The van der Waals surface area contributed by atoms with Gasteiger partial charge in [-0.25, -0.2) is 18.4 Å². The molecule has 1 amide bonds. The third kappa shape index (κ3) is 8.41. The van der Waals surface area contributed by atoms with Crippen LogP contribution >= 0.6 is 0 Å². The summed E-state index contributed by atoms with van der Waals surface area (Å²) >= 11 is 0. The van der Waals surface area contributed by atoms with E-state index in [0.717, 1.165) is 0 Å². The van der Waals surface area contributed by atoms with Gasteiger partial charge in [-0.15, -0.1) is 0 Å². The van der Waals surface area contributed by atoms with E-state index in [1.165, 1.54) is 0 Å². The number of aliphatic carboxylic acids is 1. The van der Waals surface area contributed by atoms with Crippen molar-refractivity contribution in [3.05, 3.63) is 0 Å². The maximum absolute atomic E-state index is 11.9. The first-order valence-electron chi connectivity index (χ1n) is 5.12. The molecular weight excluding hydrogens is 236 g/mol. The van der Waals surface area contributed by atoms with Crippen molar-refractivity contribution in [3.63, 3.8) is 0 Å². The van der Waals surface area contributed by atoms with Gasteiger partial charge in [-0.05, 0) is 27.2 Å². The molecule has 0 heterocycles. The molecule has 0 aromatic heterocycles. The fraction of sp³-hybridized carbons (Fsp3) is 0.800. The van der Waals surface area contributed by atoms with Crippen molar-refractivity contribution >= 4 is 12.1 Å². The monoisotopic (exact) mass is 253 g/mol. The predicted molar refractivity (Wildman–Crippen MR) is 56.0 cm³/mol. The third-order valence-electron chi connectivity index (χ3n) is 1.66. The van der Waals surface area contributed by atoms with Crippen molar-refractivity contribution in [3.8, 4) is 0 Å². The lowest BCUT2D eigenvalue weighted by molar-refractivity contribution is -0.139. The fourth-order valence-corrected chi connectivity index (χ4v) is 1.000. The van der Waals surface area contributed by atoms with Gasteiger partial charge in [0.05, 0.1) is 0 Å². The van der Waals surface area contributed by atoms with Gasteiger partial charge >= 0.3 is 12.1 Å². The first-order chi connectivity index (χ1) is 7.61. The van der Waals surface area contributed by atoms with E-state index in [4.69, 9.17) is 9.84 Å². The average Bonchev–Trinajstić information content (AvgIpc) is 2.08. The van der Waals surface area contributed by atoms with Gasteiger partial charge in [0.25, 0.3) is 0 Å². The van der Waals surface area contributed by atoms with Crippen molar-refractivity contribution in [2.24, 2.45) is 0 Å². The van der Waals surface area contributed by atoms with Crippen molar-refractivity contribution in [1.82, 2.24) is 5.32 Å². The van der Waals surface area contributed by atoms with Gasteiger partial charge < -0.3 is 15.2 Å². The molecule has 0 aliphatic heterocycles. The van der Waals surface area contributed by atoms with E-state index in [2.05, 4.69) is 0 Å². The van der Waals surface area contributed by atoms with Crippen LogP contribution in [0.5, 0.6) is 0 Å². The molecule has 1 unspecified atom stereocenters. The number of amides is 1. The summed E-state index contributed by atoms with van der Waals surface area (Å²) < 4.78 is 28.7.